The van der Waals surface area contributed by atoms with Gasteiger partial charge in [0, 0.05) is 16.9 Å². The van der Waals surface area contributed by atoms with Gasteiger partial charge in [-0.05, 0) is 23.0 Å². The van der Waals surface area contributed by atoms with Gasteiger partial charge in [-0.1, -0.05) is 60.7 Å². The van der Waals surface area contributed by atoms with Crippen LogP contribution in [-0.2, 0) is 23.9 Å². The standard InChI is InChI=1S/C28H24N4O6S3/c1-39-12-18-13-40-26-20(31-24(35)22(34)19-14-41-28(30-19)29-15-33)25(36)32(26)21(18)27(37)38-23(16-8-4-2-5-9-16)17-10-6-3-7-11-17/h2-11,14-15,20,23,26H,12-13H2,1H3,(H,31,35)(H,29,30,33)/t20?,26-/m0/s1. The van der Waals surface area contributed by atoms with E-state index in [0.717, 1.165) is 28.0 Å². The molecule has 41 heavy (non-hydrogen) atoms. The maximum Gasteiger partial charge on any atom is 0.356 e. The number of benzene rings is 2. The molecule has 5 rings (SSSR count). The fourth-order valence-corrected chi connectivity index (χ4v) is 7.23. The lowest BCUT2D eigenvalue weighted by atomic mass is 10.0. The molecule has 2 atom stereocenters. The van der Waals surface area contributed by atoms with Gasteiger partial charge in [0.2, 0.25) is 6.41 Å². The Labute approximate surface area is 247 Å². The minimum Gasteiger partial charge on any atom is -0.448 e. The number of esters is 1. The number of anilines is 1. The third-order valence-electron chi connectivity index (χ3n) is 6.40. The lowest BCUT2D eigenvalue weighted by molar-refractivity contribution is -0.154. The highest BCUT2D eigenvalue weighted by molar-refractivity contribution is 8.00. The predicted molar refractivity (Wildman–Crippen MR) is 157 cm³/mol. The second-order valence-electron chi connectivity index (χ2n) is 8.98. The largest absolute Gasteiger partial charge is 0.448 e. The SMILES string of the molecule is CSCC1=C(C(=O)OC(c2ccccc2)c2ccccc2)N2C(=O)C(NC(=O)C(=O)c3csc(NC=O)n3)[C@@H]2SC1. The van der Waals surface area contributed by atoms with E-state index in [1.165, 1.54) is 33.8 Å². The van der Waals surface area contributed by atoms with E-state index in [0.29, 0.717) is 17.9 Å². The summed E-state index contributed by atoms with van der Waals surface area (Å²) in [6, 6.07) is 17.7. The number of thioether (sulfide) groups is 2. The number of carbonyl (C=O) groups excluding carboxylic acids is 5. The lowest BCUT2D eigenvalue weighted by Crippen LogP contribution is -2.71. The number of nitrogens with zero attached hydrogens (tertiary/aromatic N) is 2. The average molecular weight is 609 g/mol. The third-order valence-corrected chi connectivity index (χ3v) is 9.15. The summed E-state index contributed by atoms with van der Waals surface area (Å²) in [6.07, 6.45) is 1.63. The first-order chi connectivity index (χ1) is 19.9. The highest BCUT2D eigenvalue weighted by Gasteiger charge is 2.55. The molecule has 3 amide bonds. The number of nitrogens with one attached hydrogen (secondary N) is 2. The van der Waals surface area contributed by atoms with Crippen molar-refractivity contribution >= 4 is 70.0 Å². The van der Waals surface area contributed by atoms with Gasteiger partial charge in [-0.15, -0.1) is 23.1 Å². The molecule has 1 unspecified atom stereocenters. The Morgan fingerprint density at radius 2 is 1.78 bits per heavy atom. The smallest absolute Gasteiger partial charge is 0.356 e. The Hall–Kier alpha value is -3.94. The molecule has 2 aromatic carbocycles. The van der Waals surface area contributed by atoms with Crippen LogP contribution in [0.3, 0.4) is 0 Å². The fraction of sp³-hybridized carbons (Fsp3) is 0.214. The topological polar surface area (TPSA) is 135 Å². The number of rotatable bonds is 11. The molecule has 1 saturated heterocycles. The first-order valence-corrected chi connectivity index (χ1v) is 15.7. The number of aromatic nitrogens is 1. The van der Waals surface area contributed by atoms with Crippen LogP contribution in [0.2, 0.25) is 0 Å². The van der Waals surface area contributed by atoms with Gasteiger partial charge in [0.25, 0.3) is 17.6 Å². The van der Waals surface area contributed by atoms with Crippen LogP contribution in [0.4, 0.5) is 5.13 Å². The molecule has 0 bridgehead atoms. The molecule has 2 aliphatic rings. The summed E-state index contributed by atoms with van der Waals surface area (Å²) in [6.45, 7) is 0. The highest BCUT2D eigenvalue weighted by atomic mass is 32.2. The summed E-state index contributed by atoms with van der Waals surface area (Å²) in [7, 11) is 0. The molecule has 2 aliphatic heterocycles. The third kappa shape index (κ3) is 5.92. The summed E-state index contributed by atoms with van der Waals surface area (Å²) in [4.78, 5) is 68.3. The fourth-order valence-electron chi connectivity index (χ4n) is 4.52. The number of fused-ring (bicyclic) bond motifs is 1. The van der Waals surface area contributed by atoms with E-state index in [-0.39, 0.29) is 16.5 Å². The van der Waals surface area contributed by atoms with Gasteiger partial charge in [-0.2, -0.15) is 11.8 Å². The quantitative estimate of drug-likeness (QED) is 0.111. The van der Waals surface area contributed by atoms with Crippen molar-refractivity contribution in [2.75, 3.05) is 23.1 Å². The van der Waals surface area contributed by atoms with Crippen LogP contribution >= 0.6 is 34.9 Å². The Morgan fingerprint density at radius 1 is 1.12 bits per heavy atom. The van der Waals surface area contributed by atoms with Crippen LogP contribution in [0.1, 0.15) is 27.7 Å². The van der Waals surface area contributed by atoms with Crippen molar-refractivity contribution in [3.8, 4) is 0 Å². The molecule has 3 heterocycles. The summed E-state index contributed by atoms with van der Waals surface area (Å²) >= 11 is 3.92. The van der Waals surface area contributed by atoms with Crippen molar-refractivity contribution in [2.24, 2.45) is 0 Å². The number of hydrogen-bond donors (Lipinski definition) is 2. The number of Topliss-reactive ketones (excluding diaryl/α,β-unsaturated/α-hetero) is 1. The first-order valence-electron chi connectivity index (χ1n) is 12.4. The van der Waals surface area contributed by atoms with Crippen molar-refractivity contribution in [2.45, 2.75) is 17.5 Å². The van der Waals surface area contributed by atoms with Crippen molar-refractivity contribution < 1.29 is 28.7 Å². The summed E-state index contributed by atoms with van der Waals surface area (Å²) in [5.74, 6) is -2.10. The van der Waals surface area contributed by atoms with E-state index in [4.69, 9.17) is 4.74 Å². The van der Waals surface area contributed by atoms with Gasteiger partial charge in [-0.3, -0.25) is 24.1 Å². The van der Waals surface area contributed by atoms with Crippen molar-refractivity contribution in [3.63, 3.8) is 0 Å². The molecule has 0 aliphatic carbocycles. The molecule has 2 N–H and O–H groups in total. The molecular weight excluding hydrogens is 585 g/mol. The van der Waals surface area contributed by atoms with E-state index >= 15 is 0 Å². The Balaban J connectivity index is 1.35. The highest BCUT2D eigenvalue weighted by Crippen LogP contribution is 2.42. The molecule has 10 nitrogen and oxygen atoms in total. The molecular formula is C28H24N4O6S3. The van der Waals surface area contributed by atoms with Crippen LogP contribution in [0.15, 0.2) is 77.3 Å². The molecule has 1 aromatic heterocycles. The molecule has 0 saturated carbocycles. The molecule has 13 heteroatoms. The second kappa shape index (κ2) is 12.7. The van der Waals surface area contributed by atoms with Crippen LogP contribution in [-0.4, -0.2) is 69.0 Å². The zero-order chi connectivity index (χ0) is 28.9. The minimum atomic E-state index is -1.000. The van der Waals surface area contributed by atoms with Crippen LogP contribution < -0.4 is 10.6 Å². The van der Waals surface area contributed by atoms with E-state index in [2.05, 4.69) is 15.6 Å². The van der Waals surface area contributed by atoms with Gasteiger partial charge >= 0.3 is 5.97 Å². The number of ether oxygens (including phenoxy) is 1. The zero-order valence-electron chi connectivity index (χ0n) is 21.6. The molecule has 0 radical (unpaired) electrons. The Morgan fingerprint density at radius 3 is 2.39 bits per heavy atom. The number of amides is 3. The van der Waals surface area contributed by atoms with E-state index in [9.17, 15) is 24.0 Å². The number of thiazole rings is 1. The minimum absolute atomic E-state index is 0.143. The molecule has 0 spiro atoms. The van der Waals surface area contributed by atoms with E-state index in [1.54, 1.807) is 0 Å². The van der Waals surface area contributed by atoms with E-state index in [1.807, 2.05) is 66.9 Å². The predicted octanol–water partition coefficient (Wildman–Crippen LogP) is 3.24. The summed E-state index contributed by atoms with van der Waals surface area (Å²) < 4.78 is 6.09. The molecule has 3 aromatic rings. The summed E-state index contributed by atoms with van der Waals surface area (Å²) in [5, 5.41) is 5.75. The van der Waals surface area contributed by atoms with Gasteiger partial charge in [0.05, 0.1) is 0 Å². The number of β-lactam (4-membered cyclic amide) rings is 1. The number of hydrogen-bond acceptors (Lipinski definition) is 10. The van der Waals surface area contributed by atoms with Crippen molar-refractivity contribution in [1.82, 2.24) is 15.2 Å². The zero-order valence-corrected chi connectivity index (χ0v) is 24.1. The summed E-state index contributed by atoms with van der Waals surface area (Å²) in [5.41, 5.74) is 2.36. The average Bonchev–Trinajstić information content (AvgIpc) is 3.47. The Kier molecular flexibility index (Phi) is 8.86. The second-order valence-corrected chi connectivity index (χ2v) is 11.8. The number of carbonyl (C=O) groups is 5. The van der Waals surface area contributed by atoms with Crippen molar-refractivity contribution in [1.29, 1.82) is 0 Å². The molecule has 210 valence electrons. The van der Waals surface area contributed by atoms with Crippen LogP contribution in [0.5, 0.6) is 0 Å². The number of ketones is 1. The van der Waals surface area contributed by atoms with Gasteiger partial charge in [-0.25, -0.2) is 9.78 Å². The van der Waals surface area contributed by atoms with E-state index < -0.39 is 41.1 Å². The Bertz CT molecular complexity index is 1470. The maximum absolute atomic E-state index is 13.8. The maximum atomic E-state index is 13.8. The monoisotopic (exact) mass is 608 g/mol. The van der Waals surface area contributed by atoms with Gasteiger partial charge in [0.15, 0.2) is 11.2 Å². The van der Waals surface area contributed by atoms with Crippen LogP contribution in [0.25, 0.3) is 0 Å². The van der Waals surface area contributed by atoms with Gasteiger partial charge in [0.1, 0.15) is 22.8 Å². The van der Waals surface area contributed by atoms with Crippen LogP contribution in [0, 0.1) is 0 Å². The van der Waals surface area contributed by atoms with Gasteiger partial charge < -0.3 is 15.4 Å². The first kappa shape index (κ1) is 28.6. The lowest BCUT2D eigenvalue weighted by Gasteiger charge is -2.49. The molecule has 1 fully saturated rings. The normalized spacial score (nSPS) is 17.9. The van der Waals surface area contributed by atoms with Crippen molar-refractivity contribution in [3.05, 3.63) is 94.1 Å².